The van der Waals surface area contributed by atoms with Crippen LogP contribution in [0, 0.1) is 17.2 Å². The molecule has 1 saturated heterocycles. The number of likely N-dealkylation sites (tertiary alicyclic amines) is 1. The highest BCUT2D eigenvalue weighted by atomic mass is 35.5. The molecule has 1 heterocycles. The minimum Gasteiger partial charge on any atom is -0.484 e. The van der Waals surface area contributed by atoms with E-state index in [9.17, 15) is 27.2 Å². The Hall–Kier alpha value is -2.07. The summed E-state index contributed by atoms with van der Waals surface area (Å²) in [6.45, 7) is 0.660. The number of halogens is 5. The lowest BCUT2D eigenvalue weighted by molar-refractivity contribution is -0.220. The molecule has 3 aliphatic rings. The molecule has 1 aliphatic heterocycles. The summed E-state index contributed by atoms with van der Waals surface area (Å²) in [6, 6.07) is 3.91. The van der Waals surface area contributed by atoms with Crippen LogP contribution in [0.1, 0.15) is 25.7 Å². The van der Waals surface area contributed by atoms with Crippen molar-refractivity contribution in [3.8, 4) is 5.75 Å². The molecule has 0 unspecified atom stereocenters. The Bertz CT molecular complexity index is 877. The van der Waals surface area contributed by atoms with Crippen molar-refractivity contribution in [3.63, 3.8) is 0 Å². The van der Waals surface area contributed by atoms with Gasteiger partial charge in [-0.15, -0.1) is 0 Å². The van der Waals surface area contributed by atoms with Gasteiger partial charge in [0.1, 0.15) is 18.2 Å². The number of carbonyl (C=O) groups excluding carboxylic acids is 2. The van der Waals surface area contributed by atoms with Gasteiger partial charge in [0.15, 0.2) is 6.61 Å². The summed E-state index contributed by atoms with van der Waals surface area (Å²) in [5.41, 5.74) is -0.0222. The number of alkyl halides is 3. The van der Waals surface area contributed by atoms with Gasteiger partial charge in [-0.05, 0) is 37.8 Å². The molecule has 4 rings (SSSR count). The minimum atomic E-state index is -4.19. The predicted octanol–water partition coefficient (Wildman–Crippen LogP) is 3.32. The Morgan fingerprint density at radius 1 is 1.19 bits per heavy atom. The second-order valence-corrected chi connectivity index (χ2v) is 9.34. The van der Waals surface area contributed by atoms with Gasteiger partial charge in [-0.3, -0.25) is 9.59 Å². The topological polar surface area (TPSA) is 67.9 Å². The average molecular weight is 479 g/mol. The maximum absolute atomic E-state index is 13.4. The molecule has 2 aliphatic carbocycles. The minimum absolute atomic E-state index is 0.0177. The van der Waals surface area contributed by atoms with Crippen molar-refractivity contribution in [1.29, 1.82) is 0 Å². The third-order valence-electron chi connectivity index (χ3n) is 6.39. The van der Waals surface area contributed by atoms with E-state index in [1.54, 1.807) is 4.90 Å². The lowest BCUT2D eigenvalue weighted by Gasteiger charge is -2.59. The fraction of sp³-hybridized carbons (Fsp3) is 0.619. The van der Waals surface area contributed by atoms with E-state index in [2.05, 4.69) is 5.32 Å². The smallest absolute Gasteiger partial charge is 0.392 e. The van der Waals surface area contributed by atoms with Crippen molar-refractivity contribution in [2.45, 2.75) is 44.0 Å². The van der Waals surface area contributed by atoms with Crippen LogP contribution < -0.4 is 10.1 Å². The molecule has 32 heavy (non-hydrogen) atoms. The number of carbonyl (C=O) groups is 2. The second-order valence-electron chi connectivity index (χ2n) is 8.93. The average Bonchev–Trinajstić information content (AvgIpc) is 2.60. The third kappa shape index (κ3) is 5.11. The first-order chi connectivity index (χ1) is 15.0. The largest absolute Gasteiger partial charge is 0.484 e. The molecule has 0 bridgehead atoms. The van der Waals surface area contributed by atoms with E-state index in [0.717, 1.165) is 18.9 Å². The number of hydrogen-bond acceptors (Lipinski definition) is 4. The van der Waals surface area contributed by atoms with Crippen LogP contribution in [-0.2, 0) is 14.3 Å². The number of hydrogen-bond donors (Lipinski definition) is 1. The van der Waals surface area contributed by atoms with E-state index in [0.29, 0.717) is 13.1 Å². The van der Waals surface area contributed by atoms with Crippen LogP contribution in [0.2, 0.25) is 5.02 Å². The molecule has 6 nitrogen and oxygen atoms in total. The lowest BCUT2D eigenvalue weighted by Crippen LogP contribution is -2.68. The highest BCUT2D eigenvalue weighted by Gasteiger charge is 2.54. The summed E-state index contributed by atoms with van der Waals surface area (Å²) in [4.78, 5) is 25.8. The van der Waals surface area contributed by atoms with Crippen LogP contribution in [-0.4, -0.2) is 61.3 Å². The number of benzene rings is 1. The molecule has 1 N–H and O–H groups in total. The zero-order valence-corrected chi connectivity index (χ0v) is 17.8. The van der Waals surface area contributed by atoms with E-state index in [4.69, 9.17) is 21.1 Å². The molecule has 3 fully saturated rings. The SMILES string of the molecule is O=C(COc1ccc(Cl)c(F)c1)NC1CC2(C1)CN(C(=O)COC1CC(C(F)(F)F)C1)C2. The van der Waals surface area contributed by atoms with Crippen molar-refractivity contribution in [2.24, 2.45) is 11.3 Å². The summed E-state index contributed by atoms with van der Waals surface area (Å²) >= 11 is 5.60. The number of rotatable bonds is 7. The number of amides is 2. The monoisotopic (exact) mass is 478 g/mol. The summed E-state index contributed by atoms with van der Waals surface area (Å²) in [5, 5.41) is 2.82. The molecule has 2 amide bonds. The standard InChI is InChI=1S/C21H23ClF4N2O4/c22-16-2-1-14(5-17(16)23)31-8-18(29)27-13-6-20(7-13)10-28(11-20)19(30)9-32-15-3-12(4-15)21(24,25)26/h1-2,5,12-13,15H,3-4,6-11H2,(H,27,29). The molecule has 0 radical (unpaired) electrons. The van der Waals surface area contributed by atoms with Gasteiger partial charge in [0.2, 0.25) is 5.91 Å². The van der Waals surface area contributed by atoms with Crippen LogP contribution in [0.25, 0.3) is 0 Å². The van der Waals surface area contributed by atoms with Gasteiger partial charge in [0, 0.05) is 30.6 Å². The lowest BCUT2D eigenvalue weighted by atomic mass is 9.60. The van der Waals surface area contributed by atoms with Crippen LogP contribution >= 0.6 is 11.6 Å². The first-order valence-electron chi connectivity index (χ1n) is 10.4. The number of ether oxygens (including phenoxy) is 2. The van der Waals surface area contributed by atoms with E-state index < -0.39 is 24.0 Å². The molecule has 1 aromatic rings. The van der Waals surface area contributed by atoms with Crippen molar-refractivity contribution in [2.75, 3.05) is 26.3 Å². The van der Waals surface area contributed by atoms with Gasteiger partial charge in [-0.25, -0.2) is 4.39 Å². The summed E-state index contributed by atoms with van der Waals surface area (Å²) in [7, 11) is 0. The Kier molecular flexibility index (Phi) is 6.28. The maximum Gasteiger partial charge on any atom is 0.392 e. The van der Waals surface area contributed by atoms with Crippen LogP contribution in [0.4, 0.5) is 17.6 Å². The number of nitrogens with one attached hydrogen (secondary N) is 1. The van der Waals surface area contributed by atoms with Gasteiger partial charge in [-0.2, -0.15) is 13.2 Å². The third-order valence-corrected chi connectivity index (χ3v) is 6.70. The van der Waals surface area contributed by atoms with E-state index >= 15 is 0 Å². The molecule has 2 saturated carbocycles. The van der Waals surface area contributed by atoms with Gasteiger partial charge < -0.3 is 19.7 Å². The molecule has 0 aromatic heterocycles. The molecular weight excluding hydrogens is 456 g/mol. The molecule has 0 atom stereocenters. The van der Waals surface area contributed by atoms with E-state index in [1.807, 2.05) is 0 Å². The van der Waals surface area contributed by atoms with Crippen LogP contribution in [0.15, 0.2) is 18.2 Å². The Balaban J connectivity index is 1.08. The first-order valence-corrected chi connectivity index (χ1v) is 10.7. The van der Waals surface area contributed by atoms with Gasteiger partial charge >= 0.3 is 6.18 Å². The predicted molar refractivity (Wildman–Crippen MR) is 106 cm³/mol. The van der Waals surface area contributed by atoms with Gasteiger partial charge in [-0.1, -0.05) is 11.6 Å². The summed E-state index contributed by atoms with van der Waals surface area (Å²) in [5.74, 6) is -2.29. The summed E-state index contributed by atoms with van der Waals surface area (Å²) in [6.07, 6.45) is -3.40. The Morgan fingerprint density at radius 2 is 1.88 bits per heavy atom. The molecule has 176 valence electrons. The Morgan fingerprint density at radius 3 is 2.50 bits per heavy atom. The molecule has 1 spiro atoms. The van der Waals surface area contributed by atoms with Crippen molar-refractivity contribution >= 4 is 23.4 Å². The van der Waals surface area contributed by atoms with Crippen LogP contribution in [0.3, 0.4) is 0 Å². The zero-order chi connectivity index (χ0) is 23.1. The Labute approximate surface area is 187 Å². The molecule has 1 aromatic carbocycles. The highest BCUT2D eigenvalue weighted by Crippen LogP contribution is 2.48. The van der Waals surface area contributed by atoms with Crippen molar-refractivity contribution in [1.82, 2.24) is 10.2 Å². The maximum atomic E-state index is 13.4. The normalized spacial score (nSPS) is 24.3. The van der Waals surface area contributed by atoms with E-state index in [-0.39, 0.29) is 60.1 Å². The highest BCUT2D eigenvalue weighted by molar-refractivity contribution is 6.30. The second kappa shape index (κ2) is 8.70. The molecule has 11 heteroatoms. The first kappa shape index (κ1) is 23.1. The fourth-order valence-electron chi connectivity index (χ4n) is 4.52. The van der Waals surface area contributed by atoms with Crippen molar-refractivity contribution in [3.05, 3.63) is 29.0 Å². The number of nitrogens with zero attached hydrogens (tertiary/aromatic N) is 1. The van der Waals surface area contributed by atoms with Crippen LogP contribution in [0.5, 0.6) is 5.75 Å². The fourth-order valence-corrected chi connectivity index (χ4v) is 4.64. The molecular formula is C21H23ClF4N2O4. The zero-order valence-electron chi connectivity index (χ0n) is 17.1. The van der Waals surface area contributed by atoms with E-state index in [1.165, 1.54) is 12.1 Å². The summed E-state index contributed by atoms with van der Waals surface area (Å²) < 4.78 is 61.4. The van der Waals surface area contributed by atoms with Crippen molar-refractivity contribution < 1.29 is 36.6 Å². The quantitative estimate of drug-likeness (QED) is 0.611. The van der Waals surface area contributed by atoms with Gasteiger partial charge in [0.05, 0.1) is 17.0 Å². The van der Waals surface area contributed by atoms with Gasteiger partial charge in [0.25, 0.3) is 5.91 Å².